The molecule has 2 rings (SSSR count). The van der Waals surface area contributed by atoms with Crippen LogP contribution < -0.4 is 0 Å². The lowest BCUT2D eigenvalue weighted by Crippen LogP contribution is -2.46. The van der Waals surface area contributed by atoms with E-state index in [4.69, 9.17) is 9.47 Å². The number of imide groups is 1. The average Bonchev–Trinajstić information content (AvgIpc) is 2.90. The van der Waals surface area contributed by atoms with Gasteiger partial charge in [-0.1, -0.05) is 42.5 Å². The van der Waals surface area contributed by atoms with Crippen LogP contribution in [-0.2, 0) is 19.1 Å². The summed E-state index contributed by atoms with van der Waals surface area (Å²) in [5, 5.41) is 0. The Kier molecular flexibility index (Phi) is 6.18. The molecule has 1 aliphatic rings. The highest BCUT2D eigenvalue weighted by atomic mass is 16.6. The fourth-order valence-corrected chi connectivity index (χ4v) is 2.82. The molecule has 2 atom stereocenters. The van der Waals surface area contributed by atoms with Gasteiger partial charge in [0.25, 0.3) is 0 Å². The normalized spacial score (nSPS) is 20.5. The lowest BCUT2D eigenvalue weighted by atomic mass is 10.0. The number of allylic oxidation sites excluding steroid dienone is 1. The molecule has 0 unspecified atom stereocenters. The molecule has 6 nitrogen and oxygen atoms in total. The summed E-state index contributed by atoms with van der Waals surface area (Å²) in [6.07, 6.45) is 3.64. The first-order chi connectivity index (χ1) is 12.2. The maximum atomic E-state index is 12.7. The van der Waals surface area contributed by atoms with Crippen LogP contribution >= 0.6 is 0 Å². The number of ether oxygens (including phenoxy) is 2. The summed E-state index contributed by atoms with van der Waals surface area (Å²) in [5.74, 6) is -1.49. The number of methoxy groups -OCH3 is 1. The zero-order valence-corrected chi connectivity index (χ0v) is 15.6. The molecule has 2 amide bonds. The van der Waals surface area contributed by atoms with Gasteiger partial charge in [0.05, 0.1) is 7.11 Å². The van der Waals surface area contributed by atoms with Gasteiger partial charge in [0.15, 0.2) is 0 Å². The number of likely N-dealkylation sites (tertiary alicyclic amines) is 1. The molecule has 1 aromatic carbocycles. The molecular weight excluding hydrogens is 334 g/mol. The van der Waals surface area contributed by atoms with E-state index in [2.05, 4.69) is 0 Å². The van der Waals surface area contributed by atoms with Crippen LogP contribution in [0, 0.1) is 5.92 Å². The smallest absolute Gasteiger partial charge is 0.417 e. The lowest BCUT2D eigenvalue weighted by Gasteiger charge is -2.26. The van der Waals surface area contributed by atoms with Crippen molar-refractivity contribution in [3.05, 3.63) is 42.0 Å². The van der Waals surface area contributed by atoms with Gasteiger partial charge in [-0.3, -0.25) is 4.79 Å². The van der Waals surface area contributed by atoms with Crippen molar-refractivity contribution in [2.75, 3.05) is 7.11 Å². The molecular formula is C20H25NO5. The summed E-state index contributed by atoms with van der Waals surface area (Å²) >= 11 is 0. The third-order valence-electron chi connectivity index (χ3n) is 4.00. The van der Waals surface area contributed by atoms with Crippen molar-refractivity contribution in [2.45, 2.75) is 45.3 Å². The highest BCUT2D eigenvalue weighted by Gasteiger charge is 2.48. The number of amides is 2. The van der Waals surface area contributed by atoms with Crippen molar-refractivity contribution < 1.29 is 23.9 Å². The lowest BCUT2D eigenvalue weighted by molar-refractivity contribution is -0.148. The van der Waals surface area contributed by atoms with Crippen molar-refractivity contribution >= 4 is 24.0 Å². The summed E-state index contributed by atoms with van der Waals surface area (Å²) in [6.45, 7) is 5.12. The molecule has 0 saturated carbocycles. The SMILES string of the molecule is COC(=O)[C@@H]1C[C@@H](C/C=C/c2ccccc2)C(=O)N1C(=O)OC(C)(C)C. The topological polar surface area (TPSA) is 72.9 Å². The molecule has 0 aliphatic carbocycles. The molecule has 1 aromatic rings. The Hall–Kier alpha value is -2.63. The average molecular weight is 359 g/mol. The van der Waals surface area contributed by atoms with Gasteiger partial charge < -0.3 is 9.47 Å². The number of nitrogens with zero attached hydrogens (tertiary/aromatic N) is 1. The van der Waals surface area contributed by atoms with E-state index >= 15 is 0 Å². The number of hydrogen-bond donors (Lipinski definition) is 0. The fourth-order valence-electron chi connectivity index (χ4n) is 2.82. The van der Waals surface area contributed by atoms with Gasteiger partial charge in [-0.2, -0.15) is 0 Å². The zero-order valence-electron chi connectivity index (χ0n) is 15.6. The number of esters is 1. The van der Waals surface area contributed by atoms with E-state index in [1.807, 2.05) is 42.5 Å². The van der Waals surface area contributed by atoms with Gasteiger partial charge in [0, 0.05) is 5.92 Å². The quantitative estimate of drug-likeness (QED) is 0.770. The van der Waals surface area contributed by atoms with Crippen LogP contribution in [0.25, 0.3) is 6.08 Å². The fraction of sp³-hybridized carbons (Fsp3) is 0.450. The number of rotatable bonds is 4. The van der Waals surface area contributed by atoms with Gasteiger partial charge in [-0.15, -0.1) is 0 Å². The standard InChI is InChI=1S/C20H25NO5/c1-20(2,3)26-19(24)21-16(18(23)25-4)13-15(17(21)22)12-8-11-14-9-6-5-7-10-14/h5-11,15-16H,12-13H2,1-4H3/b11-8+/t15-,16+/m1/s1. The highest BCUT2D eigenvalue weighted by Crippen LogP contribution is 2.30. The predicted octanol–water partition coefficient (Wildman–Crippen LogP) is 3.42. The van der Waals surface area contributed by atoms with Crippen LogP contribution in [0.1, 0.15) is 39.2 Å². The number of hydrogen-bond acceptors (Lipinski definition) is 5. The molecule has 0 spiro atoms. The van der Waals surface area contributed by atoms with Crippen LogP contribution in [0.3, 0.4) is 0 Å². The third kappa shape index (κ3) is 4.94. The van der Waals surface area contributed by atoms with E-state index in [9.17, 15) is 14.4 Å². The van der Waals surface area contributed by atoms with E-state index in [1.54, 1.807) is 20.8 Å². The van der Waals surface area contributed by atoms with Gasteiger partial charge >= 0.3 is 12.1 Å². The first-order valence-electron chi connectivity index (χ1n) is 8.58. The Balaban J connectivity index is 2.12. The first kappa shape index (κ1) is 19.7. The van der Waals surface area contributed by atoms with Crippen LogP contribution in [0.5, 0.6) is 0 Å². The zero-order chi connectivity index (χ0) is 19.3. The Morgan fingerprint density at radius 2 is 1.88 bits per heavy atom. The van der Waals surface area contributed by atoms with E-state index in [1.165, 1.54) is 7.11 Å². The van der Waals surface area contributed by atoms with E-state index < -0.39 is 35.5 Å². The van der Waals surface area contributed by atoms with Crippen molar-refractivity contribution in [1.82, 2.24) is 4.90 Å². The summed E-state index contributed by atoms with van der Waals surface area (Å²) < 4.78 is 10.0. The number of carbonyl (C=O) groups is 3. The van der Waals surface area contributed by atoms with E-state index in [0.717, 1.165) is 10.5 Å². The van der Waals surface area contributed by atoms with Crippen molar-refractivity contribution in [2.24, 2.45) is 5.92 Å². The largest absolute Gasteiger partial charge is 0.467 e. The van der Waals surface area contributed by atoms with Gasteiger partial charge in [0.2, 0.25) is 5.91 Å². The molecule has 0 radical (unpaired) electrons. The van der Waals surface area contributed by atoms with Crippen LogP contribution in [0.2, 0.25) is 0 Å². The maximum Gasteiger partial charge on any atom is 0.417 e. The minimum atomic E-state index is -0.947. The minimum Gasteiger partial charge on any atom is -0.467 e. The molecule has 0 N–H and O–H groups in total. The molecule has 1 fully saturated rings. The third-order valence-corrected chi connectivity index (χ3v) is 4.00. The highest BCUT2D eigenvalue weighted by molar-refractivity contribution is 6.00. The second kappa shape index (κ2) is 8.17. The summed E-state index contributed by atoms with van der Waals surface area (Å²) in [5.41, 5.74) is 0.259. The van der Waals surface area contributed by atoms with Crippen LogP contribution in [-0.4, -0.2) is 41.6 Å². The first-order valence-corrected chi connectivity index (χ1v) is 8.58. The molecule has 140 valence electrons. The molecule has 26 heavy (non-hydrogen) atoms. The Morgan fingerprint density at radius 1 is 1.23 bits per heavy atom. The monoisotopic (exact) mass is 359 g/mol. The molecule has 0 aromatic heterocycles. The van der Waals surface area contributed by atoms with E-state index in [-0.39, 0.29) is 6.42 Å². The molecule has 6 heteroatoms. The van der Waals surface area contributed by atoms with Gasteiger partial charge in [0.1, 0.15) is 11.6 Å². The van der Waals surface area contributed by atoms with Crippen molar-refractivity contribution in [1.29, 1.82) is 0 Å². The van der Waals surface area contributed by atoms with Crippen molar-refractivity contribution in [3.8, 4) is 0 Å². The summed E-state index contributed by atoms with van der Waals surface area (Å²) in [6, 6.07) is 8.75. The van der Waals surface area contributed by atoms with Gasteiger partial charge in [-0.05, 0) is 39.2 Å². The molecule has 1 saturated heterocycles. The second-order valence-corrected chi connectivity index (χ2v) is 7.21. The maximum absolute atomic E-state index is 12.7. The Morgan fingerprint density at radius 3 is 2.46 bits per heavy atom. The molecule has 1 heterocycles. The molecule has 0 bridgehead atoms. The Labute approximate surface area is 153 Å². The van der Waals surface area contributed by atoms with Crippen LogP contribution in [0.4, 0.5) is 4.79 Å². The molecule has 1 aliphatic heterocycles. The Bertz CT molecular complexity index is 690. The summed E-state index contributed by atoms with van der Waals surface area (Å²) in [7, 11) is 1.24. The van der Waals surface area contributed by atoms with E-state index in [0.29, 0.717) is 6.42 Å². The number of benzene rings is 1. The van der Waals surface area contributed by atoms with Gasteiger partial charge in [-0.25, -0.2) is 14.5 Å². The van der Waals surface area contributed by atoms with Crippen LogP contribution in [0.15, 0.2) is 36.4 Å². The summed E-state index contributed by atoms with van der Waals surface area (Å²) in [4.78, 5) is 38.0. The minimum absolute atomic E-state index is 0.226. The van der Waals surface area contributed by atoms with Crippen molar-refractivity contribution in [3.63, 3.8) is 0 Å². The number of carbonyl (C=O) groups excluding carboxylic acids is 3. The predicted molar refractivity (Wildman–Crippen MR) is 97.1 cm³/mol. The second-order valence-electron chi connectivity index (χ2n) is 7.21.